The number of carbonyl (C=O) groups is 1. The molecule has 2 aliphatic rings. The second kappa shape index (κ2) is 7.27. The second-order valence-electron chi connectivity index (χ2n) is 6.65. The van der Waals surface area contributed by atoms with Crippen LogP contribution in [-0.4, -0.2) is 32.2 Å². The van der Waals surface area contributed by atoms with Crippen LogP contribution in [0.15, 0.2) is 18.2 Å². The van der Waals surface area contributed by atoms with E-state index < -0.39 is 0 Å². The Kier molecular flexibility index (Phi) is 5.27. The van der Waals surface area contributed by atoms with Crippen molar-refractivity contribution in [3.8, 4) is 5.69 Å². The van der Waals surface area contributed by atoms with E-state index in [1.54, 1.807) is 16.8 Å². The molecule has 1 heterocycles. The zero-order valence-corrected chi connectivity index (χ0v) is 15.1. The lowest BCUT2D eigenvalue weighted by Gasteiger charge is -2.13. The number of hydrogen-bond acceptors (Lipinski definition) is 5. The fourth-order valence-corrected chi connectivity index (χ4v) is 3.41. The number of carbonyl (C=O) groups excluding carboxylic acids is 1. The fraction of sp³-hybridized carbons (Fsp3) is 0.500. The molecular weight excluding hydrogens is 363 g/mol. The van der Waals surface area contributed by atoms with Gasteiger partial charge in [0.05, 0.1) is 10.7 Å². The van der Waals surface area contributed by atoms with Crippen LogP contribution in [-0.2, 0) is 4.79 Å². The molecule has 7 nitrogen and oxygen atoms in total. The van der Waals surface area contributed by atoms with Crippen molar-refractivity contribution in [1.29, 1.82) is 0 Å². The first-order valence-corrected chi connectivity index (χ1v) is 8.64. The molecule has 1 aromatic carbocycles. The van der Waals surface area contributed by atoms with Crippen LogP contribution in [0.2, 0.25) is 5.02 Å². The van der Waals surface area contributed by atoms with Crippen molar-refractivity contribution in [3.63, 3.8) is 0 Å². The summed E-state index contributed by atoms with van der Waals surface area (Å²) in [6, 6.07) is 5.49. The van der Waals surface area contributed by atoms with Crippen molar-refractivity contribution in [3.05, 3.63) is 29.0 Å². The van der Waals surface area contributed by atoms with E-state index >= 15 is 0 Å². The summed E-state index contributed by atoms with van der Waals surface area (Å²) < 4.78 is 1.67. The highest BCUT2D eigenvalue weighted by atomic mass is 35.5. The number of aromatic nitrogens is 4. The Labute approximate surface area is 156 Å². The normalized spacial score (nSPS) is 22.5. The van der Waals surface area contributed by atoms with Crippen LogP contribution in [0, 0.1) is 5.92 Å². The number of rotatable bonds is 4. The van der Waals surface area contributed by atoms with E-state index in [4.69, 9.17) is 17.3 Å². The largest absolute Gasteiger partial charge is 0.328 e. The van der Waals surface area contributed by atoms with Gasteiger partial charge in [0, 0.05) is 23.6 Å². The number of benzene rings is 1. The minimum Gasteiger partial charge on any atom is -0.328 e. The first-order valence-electron chi connectivity index (χ1n) is 8.26. The first-order chi connectivity index (χ1) is 11.6. The Morgan fingerprint density at radius 2 is 2.08 bits per heavy atom. The maximum absolute atomic E-state index is 12.4. The average molecular weight is 383 g/mol. The van der Waals surface area contributed by atoms with Gasteiger partial charge in [-0.25, -0.2) is 0 Å². The maximum atomic E-state index is 12.4. The molecule has 134 valence electrons. The summed E-state index contributed by atoms with van der Waals surface area (Å²) in [4.78, 5) is 12.4. The van der Waals surface area contributed by atoms with Gasteiger partial charge in [0.1, 0.15) is 0 Å². The van der Waals surface area contributed by atoms with Gasteiger partial charge in [0.15, 0.2) is 5.82 Å². The molecule has 0 radical (unpaired) electrons. The lowest BCUT2D eigenvalue weighted by atomic mass is 10.1. The van der Waals surface area contributed by atoms with Crippen molar-refractivity contribution < 1.29 is 4.79 Å². The fourth-order valence-electron chi connectivity index (χ4n) is 3.21. The maximum Gasteiger partial charge on any atom is 0.227 e. The number of nitrogens with one attached hydrogen (secondary N) is 1. The summed E-state index contributed by atoms with van der Waals surface area (Å²) in [5.74, 6) is 1.21. The number of hydrogen-bond donors (Lipinski definition) is 2. The van der Waals surface area contributed by atoms with Crippen LogP contribution in [0.1, 0.15) is 43.8 Å². The quantitative estimate of drug-likeness (QED) is 0.846. The second-order valence-corrected chi connectivity index (χ2v) is 7.06. The Bertz CT molecular complexity index is 776. The molecule has 0 saturated heterocycles. The number of nitrogens with zero attached hydrogens (tertiary/aromatic N) is 4. The van der Waals surface area contributed by atoms with Gasteiger partial charge in [-0.15, -0.1) is 17.5 Å². The van der Waals surface area contributed by atoms with E-state index in [-0.39, 0.29) is 30.3 Å². The Balaban J connectivity index is 0.00000182. The number of tetrazole rings is 1. The zero-order valence-electron chi connectivity index (χ0n) is 13.6. The molecule has 2 fully saturated rings. The van der Waals surface area contributed by atoms with Crippen molar-refractivity contribution in [2.24, 2.45) is 11.7 Å². The van der Waals surface area contributed by atoms with Crippen LogP contribution in [0.5, 0.6) is 0 Å². The van der Waals surface area contributed by atoms with Crippen LogP contribution in [0.4, 0.5) is 5.69 Å². The highest BCUT2D eigenvalue weighted by molar-refractivity contribution is 6.32. The minimum absolute atomic E-state index is 0. The number of anilines is 1. The monoisotopic (exact) mass is 382 g/mol. The van der Waals surface area contributed by atoms with Crippen molar-refractivity contribution >= 4 is 35.6 Å². The predicted octanol–water partition coefficient (Wildman–Crippen LogP) is 2.68. The third kappa shape index (κ3) is 3.78. The molecule has 3 N–H and O–H groups in total. The van der Waals surface area contributed by atoms with Crippen molar-refractivity contribution in [2.75, 3.05) is 5.32 Å². The molecule has 25 heavy (non-hydrogen) atoms. The van der Waals surface area contributed by atoms with E-state index in [0.717, 1.165) is 37.9 Å². The van der Waals surface area contributed by atoms with Gasteiger partial charge in [-0.05, 0) is 60.7 Å². The van der Waals surface area contributed by atoms with Gasteiger partial charge in [-0.2, -0.15) is 4.68 Å². The van der Waals surface area contributed by atoms with Gasteiger partial charge >= 0.3 is 0 Å². The molecule has 9 heteroatoms. The molecular formula is C16H20Cl2N6O. The van der Waals surface area contributed by atoms with Gasteiger partial charge < -0.3 is 11.1 Å². The van der Waals surface area contributed by atoms with Crippen LogP contribution in [0.3, 0.4) is 0 Å². The SMILES string of the molecule is Cl.NC1CCC(C(=O)Nc2ccc(Cl)c(-n3nnnc3C3CC3)c2)C1. The van der Waals surface area contributed by atoms with E-state index in [2.05, 4.69) is 20.8 Å². The first kappa shape index (κ1) is 18.1. The average Bonchev–Trinajstić information content (AvgIpc) is 3.12. The van der Waals surface area contributed by atoms with E-state index in [0.29, 0.717) is 22.3 Å². The molecule has 1 aromatic heterocycles. The Hall–Kier alpha value is -1.70. The highest BCUT2D eigenvalue weighted by Crippen LogP contribution is 2.40. The summed E-state index contributed by atoms with van der Waals surface area (Å²) in [5, 5.41) is 15.4. The van der Waals surface area contributed by atoms with Crippen molar-refractivity contribution in [2.45, 2.75) is 44.1 Å². The van der Waals surface area contributed by atoms with Crippen LogP contribution >= 0.6 is 24.0 Å². The molecule has 1 amide bonds. The summed E-state index contributed by atoms with van der Waals surface area (Å²) in [5.41, 5.74) is 7.27. The third-order valence-electron chi connectivity index (χ3n) is 4.72. The summed E-state index contributed by atoms with van der Waals surface area (Å²) in [6.07, 6.45) is 4.67. The smallest absolute Gasteiger partial charge is 0.227 e. The molecule has 2 unspecified atom stereocenters. The molecule has 0 spiro atoms. The molecule has 2 aromatic rings. The molecule has 0 aliphatic heterocycles. The molecule has 2 aliphatic carbocycles. The highest BCUT2D eigenvalue weighted by Gasteiger charge is 2.31. The standard InChI is InChI=1S/C16H19ClN6O.ClH/c17-13-6-5-12(19-16(24)10-3-4-11(18)7-10)8-14(13)23-15(9-1-2-9)20-21-22-23;/h5-6,8-11H,1-4,7,18H2,(H,19,24);1H. The van der Waals surface area contributed by atoms with E-state index in [1.807, 2.05) is 6.07 Å². The topological polar surface area (TPSA) is 98.7 Å². The third-order valence-corrected chi connectivity index (χ3v) is 5.04. The number of amides is 1. The summed E-state index contributed by atoms with van der Waals surface area (Å²) >= 11 is 6.32. The minimum atomic E-state index is -0.0193. The molecule has 0 bridgehead atoms. The molecule has 2 saturated carbocycles. The van der Waals surface area contributed by atoms with E-state index in [1.165, 1.54) is 0 Å². The predicted molar refractivity (Wildman–Crippen MR) is 97.3 cm³/mol. The Morgan fingerprint density at radius 1 is 1.28 bits per heavy atom. The summed E-state index contributed by atoms with van der Waals surface area (Å²) in [7, 11) is 0. The van der Waals surface area contributed by atoms with Crippen molar-refractivity contribution in [1.82, 2.24) is 20.2 Å². The number of halogens is 2. The van der Waals surface area contributed by atoms with Gasteiger partial charge in [0.2, 0.25) is 5.91 Å². The molecule has 4 rings (SSSR count). The zero-order chi connectivity index (χ0) is 16.7. The number of nitrogens with two attached hydrogens (primary N) is 1. The summed E-state index contributed by atoms with van der Waals surface area (Å²) in [6.45, 7) is 0. The Morgan fingerprint density at radius 3 is 2.76 bits per heavy atom. The van der Waals surface area contributed by atoms with E-state index in [9.17, 15) is 4.79 Å². The lowest BCUT2D eigenvalue weighted by molar-refractivity contribution is -0.119. The van der Waals surface area contributed by atoms with Gasteiger partial charge in [0.25, 0.3) is 0 Å². The van der Waals surface area contributed by atoms with Crippen LogP contribution < -0.4 is 11.1 Å². The van der Waals surface area contributed by atoms with Gasteiger partial charge in [-0.3, -0.25) is 4.79 Å². The van der Waals surface area contributed by atoms with Gasteiger partial charge in [-0.1, -0.05) is 11.6 Å². The molecule has 2 atom stereocenters. The lowest BCUT2D eigenvalue weighted by Crippen LogP contribution is -2.23. The van der Waals surface area contributed by atoms with Crippen LogP contribution in [0.25, 0.3) is 5.69 Å².